The van der Waals surface area contributed by atoms with Gasteiger partial charge in [-0.1, -0.05) is 24.3 Å². The number of nitrogens with one attached hydrogen (secondary N) is 1. The minimum Gasteiger partial charge on any atom is -0.339 e. The summed E-state index contributed by atoms with van der Waals surface area (Å²) in [6, 6.07) is 16.9. The van der Waals surface area contributed by atoms with Gasteiger partial charge in [0.15, 0.2) is 0 Å². The summed E-state index contributed by atoms with van der Waals surface area (Å²) in [6.07, 6.45) is 2.82. The Balaban J connectivity index is 1.66. The highest BCUT2D eigenvalue weighted by molar-refractivity contribution is 9.10. The molecule has 0 saturated carbocycles. The van der Waals surface area contributed by atoms with Crippen molar-refractivity contribution in [2.24, 2.45) is 0 Å². The van der Waals surface area contributed by atoms with Gasteiger partial charge in [-0.15, -0.1) is 0 Å². The smallest absolute Gasteiger partial charge is 0.232 e. The highest BCUT2D eigenvalue weighted by Crippen LogP contribution is 2.36. The van der Waals surface area contributed by atoms with Crippen molar-refractivity contribution in [3.05, 3.63) is 70.3 Å². The molecular formula is C20H19BrN4. The normalized spacial score (nSPS) is 16.0. The van der Waals surface area contributed by atoms with Gasteiger partial charge < -0.3 is 10.2 Å². The minimum absolute atomic E-state index is 0.346. The maximum absolute atomic E-state index is 4.75. The van der Waals surface area contributed by atoms with Crippen molar-refractivity contribution in [3.63, 3.8) is 0 Å². The quantitative estimate of drug-likeness (QED) is 0.647. The molecule has 1 aliphatic rings. The molecule has 0 bridgehead atoms. The molecule has 3 aromatic rings. The van der Waals surface area contributed by atoms with Crippen molar-refractivity contribution in [2.75, 3.05) is 10.2 Å². The Morgan fingerprint density at radius 2 is 2.00 bits per heavy atom. The summed E-state index contributed by atoms with van der Waals surface area (Å²) in [7, 11) is 0. The van der Waals surface area contributed by atoms with Crippen LogP contribution in [0.2, 0.25) is 0 Å². The predicted octanol–water partition coefficient (Wildman–Crippen LogP) is 5.37. The first-order valence-electron chi connectivity index (χ1n) is 8.35. The monoisotopic (exact) mass is 394 g/mol. The molecule has 0 radical (unpaired) electrons. The van der Waals surface area contributed by atoms with Gasteiger partial charge in [0.05, 0.1) is 5.69 Å². The lowest BCUT2D eigenvalue weighted by Gasteiger charge is -2.23. The minimum atomic E-state index is 0.346. The van der Waals surface area contributed by atoms with E-state index in [1.165, 1.54) is 16.8 Å². The van der Waals surface area contributed by atoms with Gasteiger partial charge in [0.25, 0.3) is 0 Å². The standard InChI is InChI=1S/C20H19BrN4/c1-13-7-8-17(16(21)11-13)23-19-9-10-22-20(24-19)25-14(2)12-15-5-3-4-6-18(15)25/h3-11,14H,12H2,1-2H3,(H,22,23,24). The lowest BCUT2D eigenvalue weighted by Crippen LogP contribution is -2.25. The summed E-state index contributed by atoms with van der Waals surface area (Å²) in [5.41, 5.74) is 4.75. The number of hydrogen-bond acceptors (Lipinski definition) is 4. The number of fused-ring (bicyclic) bond motifs is 1. The largest absolute Gasteiger partial charge is 0.339 e. The maximum Gasteiger partial charge on any atom is 0.232 e. The van der Waals surface area contributed by atoms with Crippen molar-refractivity contribution >= 4 is 39.1 Å². The molecule has 0 spiro atoms. The molecule has 126 valence electrons. The number of aromatic nitrogens is 2. The Labute approximate surface area is 156 Å². The van der Waals surface area contributed by atoms with Gasteiger partial charge in [-0.25, -0.2) is 4.98 Å². The second kappa shape index (κ2) is 6.48. The zero-order valence-electron chi connectivity index (χ0n) is 14.2. The van der Waals surface area contributed by atoms with E-state index in [0.717, 1.165) is 28.3 Å². The maximum atomic E-state index is 4.75. The second-order valence-electron chi connectivity index (χ2n) is 6.40. The van der Waals surface area contributed by atoms with Crippen molar-refractivity contribution in [1.82, 2.24) is 9.97 Å². The molecule has 25 heavy (non-hydrogen) atoms. The first kappa shape index (κ1) is 16.1. The third-order valence-corrected chi connectivity index (χ3v) is 5.11. The van der Waals surface area contributed by atoms with Crippen LogP contribution in [0.25, 0.3) is 0 Å². The lowest BCUT2D eigenvalue weighted by molar-refractivity contribution is 0.740. The van der Waals surface area contributed by atoms with E-state index in [-0.39, 0.29) is 0 Å². The Hall–Kier alpha value is -2.40. The molecule has 5 heteroatoms. The zero-order valence-corrected chi connectivity index (χ0v) is 15.8. The van der Waals surface area contributed by atoms with Gasteiger partial charge in [0.1, 0.15) is 5.82 Å². The number of benzene rings is 2. The third-order valence-electron chi connectivity index (χ3n) is 4.45. The van der Waals surface area contributed by atoms with Crippen LogP contribution in [0.4, 0.5) is 23.1 Å². The molecule has 4 nitrogen and oxygen atoms in total. The summed E-state index contributed by atoms with van der Waals surface area (Å²) in [5.74, 6) is 1.51. The Bertz CT molecular complexity index is 925. The molecule has 2 aromatic carbocycles. The Morgan fingerprint density at radius 3 is 2.84 bits per heavy atom. The Morgan fingerprint density at radius 1 is 1.16 bits per heavy atom. The fraction of sp³-hybridized carbons (Fsp3) is 0.200. The molecule has 2 heterocycles. The SMILES string of the molecule is Cc1ccc(Nc2ccnc(N3c4ccccc4CC3C)n2)c(Br)c1. The van der Waals surface area contributed by atoms with Crippen molar-refractivity contribution < 1.29 is 0 Å². The van der Waals surface area contributed by atoms with Crippen LogP contribution in [0, 0.1) is 6.92 Å². The first-order valence-corrected chi connectivity index (χ1v) is 9.14. The molecule has 1 atom stereocenters. The average molecular weight is 395 g/mol. The molecule has 4 rings (SSSR count). The molecule has 1 aliphatic heterocycles. The van der Waals surface area contributed by atoms with Crippen LogP contribution in [0.1, 0.15) is 18.1 Å². The van der Waals surface area contributed by atoms with Gasteiger partial charge in [0, 0.05) is 22.4 Å². The summed E-state index contributed by atoms with van der Waals surface area (Å²) >= 11 is 3.60. The van der Waals surface area contributed by atoms with Crippen LogP contribution >= 0.6 is 15.9 Å². The van der Waals surface area contributed by atoms with E-state index >= 15 is 0 Å². The average Bonchev–Trinajstić information content (AvgIpc) is 2.93. The van der Waals surface area contributed by atoms with Crippen molar-refractivity contribution in [2.45, 2.75) is 26.3 Å². The highest BCUT2D eigenvalue weighted by Gasteiger charge is 2.28. The van der Waals surface area contributed by atoms with Gasteiger partial charge in [-0.3, -0.25) is 0 Å². The molecule has 0 saturated heterocycles. The number of halogens is 1. The summed E-state index contributed by atoms with van der Waals surface area (Å²) in [6.45, 7) is 4.28. The van der Waals surface area contributed by atoms with Crippen LogP contribution in [0.3, 0.4) is 0 Å². The fourth-order valence-electron chi connectivity index (χ4n) is 3.26. The van der Waals surface area contributed by atoms with Crippen molar-refractivity contribution in [3.8, 4) is 0 Å². The van der Waals surface area contributed by atoms with Crippen LogP contribution in [0.15, 0.2) is 59.2 Å². The molecule has 0 amide bonds. The van der Waals surface area contributed by atoms with E-state index in [1.54, 1.807) is 6.20 Å². The third kappa shape index (κ3) is 3.12. The molecule has 0 fully saturated rings. The number of nitrogens with zero attached hydrogens (tertiary/aromatic N) is 3. The summed E-state index contributed by atoms with van der Waals surface area (Å²) in [4.78, 5) is 11.5. The molecule has 1 N–H and O–H groups in total. The van der Waals surface area contributed by atoms with E-state index in [0.29, 0.717) is 6.04 Å². The van der Waals surface area contributed by atoms with E-state index in [2.05, 4.69) is 87.4 Å². The van der Waals surface area contributed by atoms with Crippen LogP contribution < -0.4 is 10.2 Å². The lowest BCUT2D eigenvalue weighted by atomic mass is 10.1. The van der Waals surface area contributed by atoms with E-state index < -0.39 is 0 Å². The highest BCUT2D eigenvalue weighted by atomic mass is 79.9. The van der Waals surface area contributed by atoms with Crippen LogP contribution in [-0.2, 0) is 6.42 Å². The first-order chi connectivity index (χ1) is 12.1. The molecular weight excluding hydrogens is 376 g/mol. The summed E-state index contributed by atoms with van der Waals surface area (Å²) < 4.78 is 1.02. The number of rotatable bonds is 3. The van der Waals surface area contributed by atoms with Crippen molar-refractivity contribution in [1.29, 1.82) is 0 Å². The van der Waals surface area contributed by atoms with E-state index in [9.17, 15) is 0 Å². The van der Waals surface area contributed by atoms with Gasteiger partial charge in [-0.05, 0) is 71.6 Å². The number of aryl methyl sites for hydroxylation is 1. The van der Waals surface area contributed by atoms with Gasteiger partial charge in [0.2, 0.25) is 5.95 Å². The fourth-order valence-corrected chi connectivity index (χ4v) is 3.86. The predicted molar refractivity (Wildman–Crippen MR) is 106 cm³/mol. The van der Waals surface area contributed by atoms with E-state index in [1.807, 2.05) is 6.07 Å². The van der Waals surface area contributed by atoms with Crippen LogP contribution in [-0.4, -0.2) is 16.0 Å². The summed E-state index contributed by atoms with van der Waals surface area (Å²) in [5, 5.41) is 3.38. The topological polar surface area (TPSA) is 41.1 Å². The number of para-hydroxylation sites is 1. The number of hydrogen-bond donors (Lipinski definition) is 1. The Kier molecular flexibility index (Phi) is 4.17. The molecule has 0 aliphatic carbocycles. The van der Waals surface area contributed by atoms with E-state index in [4.69, 9.17) is 4.98 Å². The number of anilines is 4. The van der Waals surface area contributed by atoms with Gasteiger partial charge in [-0.2, -0.15) is 4.98 Å². The molecule has 1 unspecified atom stereocenters. The zero-order chi connectivity index (χ0) is 17.4. The van der Waals surface area contributed by atoms with Crippen LogP contribution in [0.5, 0.6) is 0 Å². The second-order valence-corrected chi connectivity index (χ2v) is 7.26. The van der Waals surface area contributed by atoms with Gasteiger partial charge >= 0.3 is 0 Å². The molecule has 1 aromatic heterocycles.